The average molecular weight is 870 g/mol. The molecule has 2 unspecified atom stereocenters. The molecule has 3 amide bonds. The molecule has 2 atom stereocenters. The van der Waals surface area contributed by atoms with Gasteiger partial charge in [-0.05, 0) is 86.0 Å². The maximum atomic E-state index is 12.9. The Labute approximate surface area is 349 Å². The maximum Gasteiger partial charge on any atom is 0.333 e. The van der Waals surface area contributed by atoms with Crippen LogP contribution < -0.4 is 31.5 Å². The van der Waals surface area contributed by atoms with Gasteiger partial charge in [0.05, 0.1) is 22.7 Å². The molecule has 12 nitrogen and oxygen atoms in total. The molecule has 0 aromatic heterocycles. The van der Waals surface area contributed by atoms with Crippen molar-refractivity contribution in [2.75, 3.05) is 35.8 Å². The molecule has 3 aliphatic rings. The average Bonchev–Trinajstić information content (AvgIpc) is 3.54. The van der Waals surface area contributed by atoms with Crippen LogP contribution in [0.1, 0.15) is 38.5 Å². The number of nitrogens with zero attached hydrogens (tertiary/aromatic N) is 2. The van der Waals surface area contributed by atoms with E-state index in [0.717, 1.165) is 34.1 Å². The number of carbonyl (C=O) groups is 4. The van der Waals surface area contributed by atoms with E-state index in [1.807, 2.05) is 34.9 Å². The third-order valence-corrected chi connectivity index (χ3v) is 12.5. The minimum Gasteiger partial charge on any atom is -0.354 e. The van der Waals surface area contributed by atoms with Gasteiger partial charge < -0.3 is 10.2 Å². The first-order chi connectivity index (χ1) is 27.3. The summed E-state index contributed by atoms with van der Waals surface area (Å²) in [4.78, 5) is 60.2. The van der Waals surface area contributed by atoms with E-state index >= 15 is 0 Å². The summed E-state index contributed by atoms with van der Waals surface area (Å²) in [5.74, 6) is -1.35. The molecule has 296 valence electrons. The Hall–Kier alpha value is -3.14. The van der Waals surface area contributed by atoms with Crippen LogP contribution in [0.2, 0.25) is 0 Å². The van der Waals surface area contributed by atoms with E-state index in [-0.39, 0.29) is 25.2 Å². The molecule has 3 aliphatic heterocycles. The van der Waals surface area contributed by atoms with Crippen LogP contribution >= 0.6 is 65.8 Å². The van der Waals surface area contributed by atoms with Crippen molar-refractivity contribution in [3.8, 4) is 0 Å². The molecule has 0 bridgehead atoms. The third-order valence-electron chi connectivity index (χ3n) is 8.32. The fourth-order valence-corrected chi connectivity index (χ4v) is 8.76. The van der Waals surface area contributed by atoms with Gasteiger partial charge in [-0.25, -0.2) is 15.2 Å². The first-order valence-electron chi connectivity index (χ1n) is 17.7. The van der Waals surface area contributed by atoms with Gasteiger partial charge in [0.25, 0.3) is 11.8 Å². The number of hydrogen-bond donors (Lipinski definition) is 5. The second-order valence-corrected chi connectivity index (χ2v) is 16.6. The number of hydrogen-bond acceptors (Lipinski definition) is 14. The minimum atomic E-state index is -0.575. The van der Waals surface area contributed by atoms with Crippen molar-refractivity contribution in [2.24, 2.45) is 0 Å². The second kappa shape index (κ2) is 22.7. The molecule has 1 fully saturated rings. The number of imide groups is 1. The SMILES string of the molecule is CSc1ccc2c(c1)N(C(=O)CCCNNP)c1ccccc1S2.CSc1ccc2c(c1)Nc1ccccc1S2.O=C(CCCNNP)ON1C(=O)CCC1=O. The van der Waals surface area contributed by atoms with Crippen molar-refractivity contribution in [3.63, 3.8) is 0 Å². The molecule has 5 N–H and O–H groups in total. The molecule has 7 rings (SSSR count). The lowest BCUT2D eigenvalue weighted by molar-refractivity contribution is -0.197. The Kier molecular flexibility index (Phi) is 17.8. The van der Waals surface area contributed by atoms with E-state index in [1.165, 1.54) is 31.0 Å². The van der Waals surface area contributed by atoms with Gasteiger partial charge in [0.15, 0.2) is 0 Å². The highest BCUT2D eigenvalue weighted by Crippen LogP contribution is 2.49. The Balaban J connectivity index is 0.000000166. The van der Waals surface area contributed by atoms with Crippen LogP contribution in [0.3, 0.4) is 0 Å². The zero-order chi connectivity index (χ0) is 39.9. The largest absolute Gasteiger partial charge is 0.354 e. The lowest BCUT2D eigenvalue weighted by Crippen LogP contribution is -2.32. The second-order valence-electron chi connectivity index (χ2n) is 12.1. The maximum absolute atomic E-state index is 12.9. The smallest absolute Gasteiger partial charge is 0.333 e. The van der Waals surface area contributed by atoms with E-state index < -0.39 is 17.8 Å². The zero-order valence-corrected chi connectivity index (χ0v) is 36.5. The van der Waals surface area contributed by atoms with Crippen LogP contribution in [0.25, 0.3) is 0 Å². The number of thioether (sulfide) groups is 2. The summed E-state index contributed by atoms with van der Waals surface area (Å²) in [6.45, 7) is 1.33. The summed E-state index contributed by atoms with van der Waals surface area (Å²) in [5.41, 5.74) is 10.2. The van der Waals surface area contributed by atoms with Crippen LogP contribution in [-0.4, -0.2) is 54.4 Å². The summed E-state index contributed by atoms with van der Waals surface area (Å²) in [7, 11) is 4.65. The predicted molar refractivity (Wildman–Crippen MR) is 235 cm³/mol. The molecular weight excluding hydrogens is 825 g/mol. The number of benzene rings is 4. The van der Waals surface area contributed by atoms with E-state index in [1.54, 1.807) is 35.3 Å². The third kappa shape index (κ3) is 12.2. The van der Waals surface area contributed by atoms with Crippen molar-refractivity contribution >= 4 is 112 Å². The summed E-state index contributed by atoms with van der Waals surface area (Å²) in [5, 5.41) is 9.47. The number of rotatable bonds is 13. The van der Waals surface area contributed by atoms with Gasteiger partial charge >= 0.3 is 5.97 Å². The van der Waals surface area contributed by atoms with Gasteiger partial charge in [0, 0.05) is 68.1 Å². The Bertz CT molecular complexity index is 2000. The summed E-state index contributed by atoms with van der Waals surface area (Å²) < 4.78 is 0. The van der Waals surface area contributed by atoms with Gasteiger partial charge in [0.1, 0.15) is 0 Å². The fourth-order valence-electron chi connectivity index (χ4n) is 5.59. The van der Waals surface area contributed by atoms with Gasteiger partial charge in [-0.1, -0.05) is 66.6 Å². The van der Waals surface area contributed by atoms with Gasteiger partial charge in [0.2, 0.25) is 5.91 Å². The summed E-state index contributed by atoms with van der Waals surface area (Å²) in [6, 6.07) is 29.4. The van der Waals surface area contributed by atoms with Crippen LogP contribution in [0.15, 0.2) is 114 Å². The normalized spacial score (nSPS) is 13.5. The highest BCUT2D eigenvalue weighted by atomic mass is 32.2. The molecular formula is C38H45N7O5P2S4. The van der Waals surface area contributed by atoms with Crippen LogP contribution in [0.4, 0.5) is 22.7 Å². The van der Waals surface area contributed by atoms with E-state index in [4.69, 9.17) is 0 Å². The molecule has 4 aromatic carbocycles. The van der Waals surface area contributed by atoms with Crippen molar-refractivity contribution in [1.82, 2.24) is 26.3 Å². The molecule has 3 heterocycles. The molecule has 0 saturated carbocycles. The zero-order valence-electron chi connectivity index (χ0n) is 31.0. The van der Waals surface area contributed by atoms with Crippen molar-refractivity contribution in [2.45, 2.75) is 67.9 Å². The first-order valence-corrected chi connectivity index (χ1v) is 22.9. The van der Waals surface area contributed by atoms with Gasteiger partial charge in [-0.15, -0.1) is 28.6 Å². The molecule has 18 heteroatoms. The fraction of sp³-hybridized carbons (Fsp3) is 0.263. The molecule has 1 saturated heterocycles. The highest BCUT2D eigenvalue weighted by molar-refractivity contribution is 8.00. The Morgan fingerprint density at radius 2 is 1.27 bits per heavy atom. The number of carbonyl (C=O) groups excluding carboxylic acids is 4. The lowest BCUT2D eigenvalue weighted by atomic mass is 10.2. The molecule has 56 heavy (non-hydrogen) atoms. The Morgan fingerprint density at radius 1 is 0.714 bits per heavy atom. The number of anilines is 4. The minimum absolute atomic E-state index is 0.116. The van der Waals surface area contributed by atoms with Crippen molar-refractivity contribution < 1.29 is 24.0 Å². The van der Waals surface area contributed by atoms with Gasteiger partial charge in [-0.2, -0.15) is 0 Å². The Morgan fingerprint density at radius 3 is 1.95 bits per heavy atom. The van der Waals surface area contributed by atoms with Gasteiger partial charge in [-0.3, -0.25) is 30.1 Å². The highest BCUT2D eigenvalue weighted by Gasteiger charge is 2.32. The van der Waals surface area contributed by atoms with Crippen LogP contribution in [-0.2, 0) is 24.0 Å². The van der Waals surface area contributed by atoms with Crippen molar-refractivity contribution in [1.29, 1.82) is 0 Å². The van der Waals surface area contributed by atoms with Crippen LogP contribution in [0.5, 0.6) is 0 Å². The van der Waals surface area contributed by atoms with Crippen molar-refractivity contribution in [3.05, 3.63) is 84.9 Å². The standard InChI is InChI=1S/C17H20N3OPS2.C13H11NS2.C8H14N3O4P/c1-23-12-8-9-16-14(11-12)20(17(21)7-4-10-18-19-22)13-5-2-3-6-15(13)24-16;1-15-9-6-7-13-11(8-9)14-10-4-2-3-5-12(10)16-13;12-6-3-4-7(13)11(6)15-8(14)2-1-5-9-10-16/h2-3,5-6,8-9,11,18-19H,4,7,10,22H2,1H3;2-8,14H,1H3;9-10H,1-5,16H2. The van der Waals surface area contributed by atoms with E-state index in [0.29, 0.717) is 24.4 Å². The number of fused-ring (bicyclic) bond motifs is 4. The molecule has 4 aromatic rings. The van der Waals surface area contributed by atoms with Crippen LogP contribution in [0, 0.1) is 0 Å². The quantitative estimate of drug-likeness (QED) is 0.0256. The molecule has 0 radical (unpaired) electrons. The summed E-state index contributed by atoms with van der Waals surface area (Å²) in [6.07, 6.45) is 6.37. The number of para-hydroxylation sites is 2. The lowest BCUT2D eigenvalue weighted by Gasteiger charge is -2.31. The predicted octanol–water partition coefficient (Wildman–Crippen LogP) is 8.08. The summed E-state index contributed by atoms with van der Waals surface area (Å²) >= 11 is 7.02. The monoisotopic (exact) mass is 869 g/mol. The first kappa shape index (κ1) is 44.0. The van der Waals surface area contributed by atoms with E-state index in [9.17, 15) is 19.2 Å². The number of amides is 3. The number of hydroxylamine groups is 2. The topological polar surface area (TPSA) is 144 Å². The molecule has 0 spiro atoms. The van der Waals surface area contributed by atoms with E-state index in [2.05, 4.69) is 129 Å². The molecule has 0 aliphatic carbocycles. The number of nitrogens with one attached hydrogen (secondary N) is 5. The number of hydrazine groups is 2.